The number of hydrogen-bond acceptors (Lipinski definition) is 2. The quantitative estimate of drug-likeness (QED) is 0.809. The highest BCUT2D eigenvalue weighted by molar-refractivity contribution is 14.1. The van der Waals surface area contributed by atoms with Gasteiger partial charge in [-0.2, -0.15) is 0 Å². The molecule has 1 fully saturated rings. The minimum absolute atomic E-state index is 0.0669. The van der Waals surface area contributed by atoms with Crippen molar-refractivity contribution >= 4 is 34.5 Å². The van der Waals surface area contributed by atoms with Gasteiger partial charge >= 0.3 is 5.97 Å². The summed E-state index contributed by atoms with van der Waals surface area (Å²) in [5.74, 6) is -0.847. The summed E-state index contributed by atoms with van der Waals surface area (Å²) in [5, 5.41) is 9.47. The molecule has 0 spiro atoms. The summed E-state index contributed by atoms with van der Waals surface area (Å²) < 4.78 is 1.01. The van der Waals surface area contributed by atoms with Gasteiger partial charge in [-0.1, -0.05) is 19.4 Å². The Bertz CT molecular complexity index is 532. The largest absolute Gasteiger partial charge is 0.481 e. The Balaban J connectivity index is 2.16. The van der Waals surface area contributed by atoms with Crippen molar-refractivity contribution in [3.05, 3.63) is 33.4 Å². The molecule has 5 heteroatoms. The molecule has 1 aromatic rings. The van der Waals surface area contributed by atoms with Crippen molar-refractivity contribution < 1.29 is 14.7 Å². The molecule has 20 heavy (non-hydrogen) atoms. The molecule has 1 saturated heterocycles. The first kappa shape index (κ1) is 15.3. The first-order valence-electron chi connectivity index (χ1n) is 6.77. The second-order valence-corrected chi connectivity index (χ2v) is 6.57. The Labute approximate surface area is 132 Å². The molecular weight excluding hydrogens is 369 g/mol. The molecule has 1 aliphatic rings. The van der Waals surface area contributed by atoms with Crippen LogP contribution in [0.5, 0.6) is 0 Å². The molecule has 0 saturated carbocycles. The van der Waals surface area contributed by atoms with Crippen LogP contribution >= 0.6 is 22.6 Å². The molecule has 0 aliphatic carbocycles. The number of carboxylic acids is 1. The zero-order chi connectivity index (χ0) is 14.8. The third-order valence-corrected chi connectivity index (χ3v) is 4.57. The second-order valence-electron chi connectivity index (χ2n) is 5.32. The topological polar surface area (TPSA) is 57.6 Å². The van der Waals surface area contributed by atoms with Crippen LogP contribution < -0.4 is 0 Å². The summed E-state index contributed by atoms with van der Waals surface area (Å²) in [6, 6.07) is 7.40. The van der Waals surface area contributed by atoms with Crippen LogP contribution in [0.15, 0.2) is 24.3 Å². The summed E-state index contributed by atoms with van der Waals surface area (Å²) in [6.45, 7) is 2.83. The lowest BCUT2D eigenvalue weighted by Gasteiger charge is -2.24. The van der Waals surface area contributed by atoms with Gasteiger partial charge in [0.05, 0.1) is 5.41 Å². The van der Waals surface area contributed by atoms with Crippen molar-refractivity contribution in [1.29, 1.82) is 0 Å². The summed E-state index contributed by atoms with van der Waals surface area (Å²) in [6.07, 6.45) is 1.99. The Hall–Kier alpha value is -1.11. The lowest BCUT2D eigenvalue weighted by Crippen LogP contribution is -2.36. The van der Waals surface area contributed by atoms with Crippen LogP contribution in [0.2, 0.25) is 0 Å². The van der Waals surface area contributed by atoms with Crippen LogP contribution in [0.25, 0.3) is 0 Å². The minimum atomic E-state index is -0.780. The van der Waals surface area contributed by atoms with E-state index in [1.165, 1.54) is 0 Å². The van der Waals surface area contributed by atoms with Crippen LogP contribution in [0.1, 0.15) is 36.5 Å². The lowest BCUT2D eigenvalue weighted by molar-refractivity contribution is -0.148. The SMILES string of the molecule is CCCC1(C(=O)O)CCN(C(=O)c2cccc(I)c2)C1. The number of hydrogen-bond donors (Lipinski definition) is 1. The maximum Gasteiger partial charge on any atom is 0.311 e. The fraction of sp³-hybridized carbons (Fsp3) is 0.467. The minimum Gasteiger partial charge on any atom is -0.481 e. The molecule has 2 rings (SSSR count). The third-order valence-electron chi connectivity index (χ3n) is 3.89. The van der Waals surface area contributed by atoms with Crippen LogP contribution in [0.3, 0.4) is 0 Å². The Morgan fingerprint density at radius 1 is 1.45 bits per heavy atom. The van der Waals surface area contributed by atoms with E-state index in [1.807, 2.05) is 25.1 Å². The van der Waals surface area contributed by atoms with Gasteiger partial charge in [-0.3, -0.25) is 9.59 Å². The summed E-state index contributed by atoms with van der Waals surface area (Å²) in [4.78, 5) is 25.7. The molecule has 0 radical (unpaired) electrons. The molecular formula is C15H18INO3. The number of rotatable bonds is 4. The monoisotopic (exact) mass is 387 g/mol. The van der Waals surface area contributed by atoms with E-state index in [-0.39, 0.29) is 5.91 Å². The molecule has 1 amide bonds. The third kappa shape index (κ3) is 2.97. The van der Waals surface area contributed by atoms with Gasteiger partial charge in [0.2, 0.25) is 0 Å². The fourth-order valence-electron chi connectivity index (χ4n) is 2.81. The van der Waals surface area contributed by atoms with Crippen molar-refractivity contribution in [1.82, 2.24) is 4.90 Å². The number of carbonyl (C=O) groups is 2. The van der Waals surface area contributed by atoms with E-state index in [2.05, 4.69) is 22.6 Å². The highest BCUT2D eigenvalue weighted by Gasteiger charge is 2.45. The Morgan fingerprint density at radius 3 is 2.80 bits per heavy atom. The van der Waals surface area contributed by atoms with E-state index in [4.69, 9.17) is 0 Å². The van der Waals surface area contributed by atoms with Crippen molar-refractivity contribution in [2.24, 2.45) is 5.41 Å². The Kier molecular flexibility index (Phi) is 4.67. The van der Waals surface area contributed by atoms with Gasteiger partial charge in [0.25, 0.3) is 5.91 Å². The van der Waals surface area contributed by atoms with Crippen molar-refractivity contribution in [3.63, 3.8) is 0 Å². The predicted molar refractivity (Wildman–Crippen MR) is 84.7 cm³/mol. The van der Waals surface area contributed by atoms with Gasteiger partial charge in [-0.05, 0) is 53.6 Å². The van der Waals surface area contributed by atoms with E-state index in [0.717, 1.165) is 9.99 Å². The van der Waals surface area contributed by atoms with Crippen LogP contribution in [0, 0.1) is 8.99 Å². The number of halogens is 1. The average Bonchev–Trinajstić information content (AvgIpc) is 2.84. The van der Waals surface area contributed by atoms with Crippen molar-refractivity contribution in [2.75, 3.05) is 13.1 Å². The van der Waals surface area contributed by atoms with Crippen molar-refractivity contribution in [3.8, 4) is 0 Å². The fourth-order valence-corrected chi connectivity index (χ4v) is 3.36. The number of amides is 1. The second kappa shape index (κ2) is 6.11. The van der Waals surface area contributed by atoms with Gasteiger partial charge in [-0.15, -0.1) is 0 Å². The number of likely N-dealkylation sites (tertiary alicyclic amines) is 1. The van der Waals surface area contributed by atoms with Crippen LogP contribution in [-0.4, -0.2) is 35.0 Å². The zero-order valence-electron chi connectivity index (χ0n) is 11.4. The molecule has 1 atom stereocenters. The predicted octanol–water partition coefficient (Wildman–Crippen LogP) is 3.01. The molecule has 1 unspecified atom stereocenters. The summed E-state index contributed by atoms with van der Waals surface area (Å²) >= 11 is 2.17. The van der Waals surface area contributed by atoms with Crippen LogP contribution in [0.4, 0.5) is 0 Å². The smallest absolute Gasteiger partial charge is 0.311 e. The van der Waals surface area contributed by atoms with Crippen LogP contribution in [-0.2, 0) is 4.79 Å². The summed E-state index contributed by atoms with van der Waals surface area (Å²) in [7, 11) is 0. The molecule has 1 aromatic carbocycles. The number of nitrogens with zero attached hydrogens (tertiary/aromatic N) is 1. The molecule has 0 aromatic heterocycles. The first-order valence-corrected chi connectivity index (χ1v) is 7.84. The number of aliphatic carboxylic acids is 1. The number of benzene rings is 1. The molecule has 1 N–H and O–H groups in total. The zero-order valence-corrected chi connectivity index (χ0v) is 13.6. The molecule has 4 nitrogen and oxygen atoms in total. The van der Waals surface area contributed by atoms with Gasteiger partial charge in [0.1, 0.15) is 0 Å². The van der Waals surface area contributed by atoms with Gasteiger partial charge < -0.3 is 10.0 Å². The Morgan fingerprint density at radius 2 is 2.20 bits per heavy atom. The maximum atomic E-state index is 12.4. The van der Waals surface area contributed by atoms with Gasteiger partial charge in [-0.25, -0.2) is 0 Å². The standard InChI is InChI=1S/C15H18INO3/c1-2-6-15(14(19)20)7-8-17(10-15)13(18)11-4-3-5-12(16)9-11/h3-5,9H,2,6-8,10H2,1H3,(H,19,20). The van der Waals surface area contributed by atoms with E-state index in [1.54, 1.807) is 11.0 Å². The van der Waals surface area contributed by atoms with E-state index < -0.39 is 11.4 Å². The van der Waals surface area contributed by atoms with E-state index in [9.17, 15) is 14.7 Å². The maximum absolute atomic E-state index is 12.4. The van der Waals surface area contributed by atoms with Gasteiger partial charge in [0.15, 0.2) is 0 Å². The molecule has 1 heterocycles. The average molecular weight is 387 g/mol. The summed E-state index contributed by atoms with van der Waals surface area (Å²) in [5.41, 5.74) is -0.124. The molecule has 0 bridgehead atoms. The lowest BCUT2D eigenvalue weighted by atomic mass is 9.83. The van der Waals surface area contributed by atoms with E-state index in [0.29, 0.717) is 31.5 Å². The normalized spacial score (nSPS) is 22.0. The number of carboxylic acid groups (broad SMARTS) is 1. The molecule has 1 aliphatic heterocycles. The van der Waals surface area contributed by atoms with Crippen molar-refractivity contribution in [2.45, 2.75) is 26.2 Å². The molecule has 108 valence electrons. The highest BCUT2D eigenvalue weighted by atomic mass is 127. The van der Waals surface area contributed by atoms with E-state index >= 15 is 0 Å². The highest BCUT2D eigenvalue weighted by Crippen LogP contribution is 2.36. The number of carbonyl (C=O) groups excluding carboxylic acids is 1. The van der Waals surface area contributed by atoms with Gasteiger partial charge in [0, 0.05) is 22.2 Å². The first-order chi connectivity index (χ1) is 9.48.